The highest BCUT2D eigenvalue weighted by molar-refractivity contribution is 7.80. The third-order valence-electron chi connectivity index (χ3n) is 5.87. The van der Waals surface area contributed by atoms with Gasteiger partial charge in [0.15, 0.2) is 5.11 Å². The van der Waals surface area contributed by atoms with E-state index in [9.17, 15) is 4.79 Å². The molecule has 2 atom stereocenters. The number of carbonyl (C=O) groups excluding carboxylic acids is 1. The molecule has 166 valence electrons. The number of pyridine rings is 1. The summed E-state index contributed by atoms with van der Waals surface area (Å²) in [4.78, 5) is 19.4. The molecule has 0 spiro atoms. The molecule has 4 rings (SSSR count). The predicted octanol–water partition coefficient (Wildman–Crippen LogP) is 4.77. The number of nitrogens with one attached hydrogen (secondary N) is 2. The van der Waals surface area contributed by atoms with E-state index in [0.29, 0.717) is 24.1 Å². The van der Waals surface area contributed by atoms with Crippen molar-refractivity contribution in [2.75, 3.05) is 11.9 Å². The largest absolute Gasteiger partial charge is 0.352 e. The number of hydrogen-bond donors (Lipinski definition) is 2. The molecule has 7 heteroatoms. The SMILES string of the molecule is Cc1ccccc1NC(=O)CCN1C(=S)N[C@H](c2ccccn2)[C@H]1c1ccn(C(C)C)c1. The van der Waals surface area contributed by atoms with Crippen LogP contribution in [0.5, 0.6) is 0 Å². The minimum atomic E-state index is -0.0776. The average molecular weight is 448 g/mol. The molecule has 1 aliphatic heterocycles. The molecule has 6 nitrogen and oxygen atoms in total. The lowest BCUT2D eigenvalue weighted by atomic mass is 9.99. The Kier molecular flexibility index (Phi) is 6.55. The van der Waals surface area contributed by atoms with Crippen molar-refractivity contribution in [2.24, 2.45) is 0 Å². The van der Waals surface area contributed by atoms with Crippen molar-refractivity contribution in [1.29, 1.82) is 0 Å². The molecular formula is C25H29N5OS. The molecule has 0 saturated carbocycles. The van der Waals surface area contributed by atoms with Crippen LogP contribution in [0.4, 0.5) is 5.69 Å². The van der Waals surface area contributed by atoms with Crippen molar-refractivity contribution in [3.8, 4) is 0 Å². The van der Waals surface area contributed by atoms with Crippen molar-refractivity contribution < 1.29 is 4.79 Å². The first-order valence-electron chi connectivity index (χ1n) is 10.9. The maximum absolute atomic E-state index is 12.7. The van der Waals surface area contributed by atoms with Gasteiger partial charge in [0, 0.05) is 43.3 Å². The average Bonchev–Trinajstić information content (AvgIpc) is 3.39. The van der Waals surface area contributed by atoms with Crippen LogP contribution < -0.4 is 10.6 Å². The minimum absolute atomic E-state index is 0.0260. The zero-order chi connectivity index (χ0) is 22.7. The van der Waals surface area contributed by atoms with Gasteiger partial charge in [0.1, 0.15) is 0 Å². The number of para-hydroxylation sites is 1. The van der Waals surface area contributed by atoms with Crippen molar-refractivity contribution >= 4 is 28.9 Å². The van der Waals surface area contributed by atoms with E-state index in [1.165, 1.54) is 0 Å². The van der Waals surface area contributed by atoms with E-state index in [1.807, 2.05) is 49.4 Å². The van der Waals surface area contributed by atoms with Gasteiger partial charge >= 0.3 is 0 Å². The first-order valence-corrected chi connectivity index (χ1v) is 11.4. The van der Waals surface area contributed by atoms with E-state index < -0.39 is 0 Å². The summed E-state index contributed by atoms with van der Waals surface area (Å²) in [6.07, 6.45) is 6.41. The quantitative estimate of drug-likeness (QED) is 0.511. The van der Waals surface area contributed by atoms with Crippen LogP contribution in [-0.2, 0) is 4.79 Å². The van der Waals surface area contributed by atoms with Gasteiger partial charge in [0.05, 0.1) is 17.8 Å². The van der Waals surface area contributed by atoms with Crippen molar-refractivity contribution in [2.45, 2.75) is 45.3 Å². The minimum Gasteiger partial charge on any atom is -0.352 e. The van der Waals surface area contributed by atoms with Crippen molar-refractivity contribution in [1.82, 2.24) is 19.8 Å². The molecule has 1 aromatic carbocycles. The Morgan fingerprint density at radius 3 is 2.66 bits per heavy atom. The first kappa shape index (κ1) is 22.0. The normalized spacial score (nSPS) is 18.1. The van der Waals surface area contributed by atoms with E-state index in [4.69, 9.17) is 12.2 Å². The summed E-state index contributed by atoms with van der Waals surface area (Å²) in [5.41, 5.74) is 3.98. The van der Waals surface area contributed by atoms with Crippen LogP contribution in [0.25, 0.3) is 0 Å². The smallest absolute Gasteiger partial charge is 0.226 e. The van der Waals surface area contributed by atoms with Gasteiger partial charge in [0.2, 0.25) is 5.91 Å². The van der Waals surface area contributed by atoms with E-state index >= 15 is 0 Å². The highest BCUT2D eigenvalue weighted by atomic mass is 32.1. The molecule has 0 radical (unpaired) electrons. The molecule has 0 aliphatic carbocycles. The van der Waals surface area contributed by atoms with Crippen molar-refractivity contribution in [3.63, 3.8) is 0 Å². The third-order valence-corrected chi connectivity index (χ3v) is 6.22. The van der Waals surface area contributed by atoms with E-state index in [0.717, 1.165) is 22.5 Å². The highest BCUT2D eigenvalue weighted by Crippen LogP contribution is 2.39. The van der Waals surface area contributed by atoms with Crippen LogP contribution in [0.1, 0.15) is 55.2 Å². The van der Waals surface area contributed by atoms with Crippen LogP contribution in [0.3, 0.4) is 0 Å². The second-order valence-electron chi connectivity index (χ2n) is 8.42. The molecule has 0 bridgehead atoms. The molecule has 2 aromatic heterocycles. The summed E-state index contributed by atoms with van der Waals surface area (Å²) in [5, 5.41) is 7.11. The summed E-state index contributed by atoms with van der Waals surface area (Å²) in [6.45, 7) is 6.82. The molecule has 0 unspecified atom stereocenters. The van der Waals surface area contributed by atoms with Crippen LogP contribution in [0, 0.1) is 6.92 Å². The summed E-state index contributed by atoms with van der Waals surface area (Å²) in [7, 11) is 0. The molecule has 2 N–H and O–H groups in total. The third kappa shape index (κ3) is 4.67. The Bertz CT molecular complexity index is 1090. The van der Waals surface area contributed by atoms with Crippen molar-refractivity contribution in [3.05, 3.63) is 83.9 Å². The Morgan fingerprint density at radius 2 is 1.97 bits per heavy atom. The zero-order valence-electron chi connectivity index (χ0n) is 18.7. The van der Waals surface area contributed by atoms with E-state index in [-0.39, 0.29) is 18.0 Å². The molecule has 1 saturated heterocycles. The van der Waals surface area contributed by atoms with Gasteiger partial charge in [-0.15, -0.1) is 0 Å². The number of hydrogen-bond acceptors (Lipinski definition) is 3. The lowest BCUT2D eigenvalue weighted by Gasteiger charge is -2.27. The Morgan fingerprint density at radius 1 is 1.19 bits per heavy atom. The second-order valence-corrected chi connectivity index (χ2v) is 8.81. The van der Waals surface area contributed by atoms with Gasteiger partial charge in [-0.05, 0) is 68.4 Å². The number of thiocarbonyl (C=S) groups is 1. The number of aromatic nitrogens is 2. The topological polar surface area (TPSA) is 62.2 Å². The number of anilines is 1. The molecular weight excluding hydrogens is 418 g/mol. The van der Waals surface area contributed by atoms with Crippen LogP contribution >= 0.6 is 12.2 Å². The zero-order valence-corrected chi connectivity index (χ0v) is 19.5. The number of rotatable bonds is 7. The number of benzene rings is 1. The van der Waals surface area contributed by atoms with Gasteiger partial charge in [0.25, 0.3) is 0 Å². The Balaban J connectivity index is 1.55. The van der Waals surface area contributed by atoms with Gasteiger partial charge in [-0.25, -0.2) is 0 Å². The summed E-state index contributed by atoms with van der Waals surface area (Å²) >= 11 is 5.70. The van der Waals surface area contributed by atoms with E-state index in [1.54, 1.807) is 6.20 Å². The van der Waals surface area contributed by atoms with Gasteiger partial charge in [-0.2, -0.15) is 0 Å². The van der Waals surface area contributed by atoms with Crippen LogP contribution in [-0.4, -0.2) is 32.0 Å². The Labute approximate surface area is 194 Å². The molecule has 1 aliphatic rings. The number of amides is 1. The Hall–Kier alpha value is -3.19. The predicted molar refractivity (Wildman–Crippen MR) is 131 cm³/mol. The monoisotopic (exact) mass is 447 g/mol. The molecule has 1 amide bonds. The van der Waals surface area contributed by atoms with Gasteiger partial charge in [-0.1, -0.05) is 24.3 Å². The molecule has 32 heavy (non-hydrogen) atoms. The lowest BCUT2D eigenvalue weighted by molar-refractivity contribution is -0.116. The fraction of sp³-hybridized carbons (Fsp3) is 0.320. The van der Waals surface area contributed by atoms with Gasteiger partial charge in [-0.3, -0.25) is 9.78 Å². The fourth-order valence-corrected chi connectivity index (χ4v) is 4.42. The highest BCUT2D eigenvalue weighted by Gasteiger charge is 2.40. The first-order chi connectivity index (χ1) is 15.4. The molecule has 3 aromatic rings. The number of aryl methyl sites for hydroxylation is 1. The lowest BCUT2D eigenvalue weighted by Crippen LogP contribution is -2.32. The summed E-state index contributed by atoms with van der Waals surface area (Å²) in [5.74, 6) is -0.0260. The van der Waals surface area contributed by atoms with E-state index in [2.05, 4.69) is 57.4 Å². The molecule has 1 fully saturated rings. The fourth-order valence-electron chi connectivity index (χ4n) is 4.08. The maximum atomic E-state index is 12.7. The van der Waals surface area contributed by atoms with Crippen LogP contribution in [0.15, 0.2) is 67.1 Å². The maximum Gasteiger partial charge on any atom is 0.226 e. The summed E-state index contributed by atoms with van der Waals surface area (Å²) < 4.78 is 2.19. The number of carbonyl (C=O) groups is 1. The standard InChI is InChI=1S/C25H29N5OS/c1-17(2)29-14-11-19(16-29)24-23(21-10-6-7-13-26-21)28-25(32)30(24)15-12-22(31)27-20-9-5-4-8-18(20)3/h4-11,13-14,16-17,23-24H,12,15H2,1-3H3,(H,27,31)(H,28,32)/t23-,24-/m1/s1. The van der Waals surface area contributed by atoms with Gasteiger partial charge < -0.3 is 20.1 Å². The second kappa shape index (κ2) is 9.53. The summed E-state index contributed by atoms with van der Waals surface area (Å²) in [6, 6.07) is 16.1. The van der Waals surface area contributed by atoms with Crippen LogP contribution in [0.2, 0.25) is 0 Å². The molecule has 3 heterocycles. The number of nitrogens with zero attached hydrogens (tertiary/aromatic N) is 3.